The monoisotopic (exact) mass is 286 g/mol. The van der Waals surface area contributed by atoms with Crippen LogP contribution in [0.1, 0.15) is 19.3 Å². The summed E-state index contributed by atoms with van der Waals surface area (Å²) < 4.78 is 4.73. The second-order valence-electron chi connectivity index (χ2n) is 5.06. The van der Waals surface area contributed by atoms with Gasteiger partial charge in [0, 0.05) is 24.0 Å². The molecule has 0 saturated carbocycles. The Morgan fingerprint density at radius 1 is 1.37 bits per heavy atom. The quantitative estimate of drug-likeness (QED) is 0.765. The van der Waals surface area contributed by atoms with E-state index in [0.29, 0.717) is 6.42 Å². The summed E-state index contributed by atoms with van der Waals surface area (Å²) in [6.45, 7) is 2.59. The minimum atomic E-state index is -0.226. The molecule has 2 rings (SSSR count). The lowest BCUT2D eigenvalue weighted by atomic mass is 9.95. The molecule has 0 aromatic carbocycles. The van der Waals surface area contributed by atoms with Crippen LogP contribution in [-0.4, -0.2) is 61.1 Å². The van der Waals surface area contributed by atoms with E-state index >= 15 is 0 Å². The molecule has 0 bridgehead atoms. The maximum atomic E-state index is 12.6. The molecule has 1 unspecified atom stereocenters. The van der Waals surface area contributed by atoms with E-state index in [1.165, 1.54) is 7.11 Å². The van der Waals surface area contributed by atoms with Gasteiger partial charge in [0.25, 0.3) is 0 Å². The van der Waals surface area contributed by atoms with Crippen LogP contribution < -0.4 is 5.32 Å². The van der Waals surface area contributed by atoms with Crippen LogP contribution in [0.3, 0.4) is 0 Å². The van der Waals surface area contributed by atoms with Crippen LogP contribution in [0.4, 0.5) is 0 Å². The van der Waals surface area contributed by atoms with Gasteiger partial charge in [-0.3, -0.25) is 9.59 Å². The van der Waals surface area contributed by atoms with Gasteiger partial charge in [0.05, 0.1) is 19.6 Å². The van der Waals surface area contributed by atoms with Gasteiger partial charge >= 0.3 is 5.97 Å². The zero-order valence-electron chi connectivity index (χ0n) is 11.4. The molecule has 2 aliphatic heterocycles. The number of amides is 1. The number of piperidine rings is 1. The Balaban J connectivity index is 1.97. The topological polar surface area (TPSA) is 58.6 Å². The minimum Gasteiger partial charge on any atom is -0.469 e. The van der Waals surface area contributed by atoms with Crippen LogP contribution in [-0.2, 0) is 14.3 Å². The fourth-order valence-corrected chi connectivity index (χ4v) is 3.76. The number of nitrogens with zero attached hydrogens (tertiary/aromatic N) is 1. The summed E-state index contributed by atoms with van der Waals surface area (Å²) in [7, 11) is 1.40. The Hall–Kier alpha value is -0.750. The van der Waals surface area contributed by atoms with Crippen molar-refractivity contribution in [2.45, 2.75) is 25.3 Å². The molecule has 2 heterocycles. The van der Waals surface area contributed by atoms with Crippen LogP contribution >= 0.6 is 11.8 Å². The first-order valence-electron chi connectivity index (χ1n) is 6.88. The van der Waals surface area contributed by atoms with Crippen LogP contribution in [0.15, 0.2) is 0 Å². The average Bonchev–Trinajstić information content (AvgIpc) is 2.48. The summed E-state index contributed by atoms with van der Waals surface area (Å²) in [4.78, 5) is 25.9. The van der Waals surface area contributed by atoms with E-state index in [2.05, 4.69) is 5.32 Å². The van der Waals surface area contributed by atoms with Crippen molar-refractivity contribution in [3.05, 3.63) is 0 Å². The lowest BCUT2D eigenvalue weighted by Crippen LogP contribution is -2.50. The Bertz CT molecular complexity index is 332. The second-order valence-corrected chi connectivity index (χ2v) is 6.21. The van der Waals surface area contributed by atoms with Gasteiger partial charge in [0.1, 0.15) is 0 Å². The number of nitrogens with one attached hydrogen (secondary N) is 1. The Morgan fingerprint density at radius 2 is 2.11 bits per heavy atom. The molecule has 2 fully saturated rings. The molecule has 2 aliphatic rings. The number of rotatable bonds is 3. The number of ether oxygens (including phenoxy) is 1. The van der Waals surface area contributed by atoms with Crippen LogP contribution in [0, 0.1) is 5.92 Å². The van der Waals surface area contributed by atoms with E-state index in [9.17, 15) is 9.59 Å². The average molecular weight is 286 g/mol. The molecule has 6 heteroatoms. The normalized spacial score (nSPS) is 25.1. The van der Waals surface area contributed by atoms with Crippen molar-refractivity contribution < 1.29 is 14.3 Å². The van der Waals surface area contributed by atoms with Crippen molar-refractivity contribution in [3.8, 4) is 0 Å². The van der Waals surface area contributed by atoms with Crippen molar-refractivity contribution in [2.24, 2.45) is 5.92 Å². The highest BCUT2D eigenvalue weighted by molar-refractivity contribution is 7.99. The Kier molecular flexibility index (Phi) is 5.51. The highest BCUT2D eigenvalue weighted by Crippen LogP contribution is 2.24. The molecule has 19 heavy (non-hydrogen) atoms. The molecule has 0 aromatic rings. The molecular formula is C13H22N2O3S. The van der Waals surface area contributed by atoms with Gasteiger partial charge in [-0.25, -0.2) is 0 Å². The first-order valence-corrected chi connectivity index (χ1v) is 8.03. The summed E-state index contributed by atoms with van der Waals surface area (Å²) in [6.07, 6.45) is 2.14. The first-order chi connectivity index (χ1) is 9.22. The smallest absolute Gasteiger partial charge is 0.307 e. The van der Waals surface area contributed by atoms with E-state index in [-0.39, 0.29) is 23.8 Å². The maximum Gasteiger partial charge on any atom is 0.307 e. The molecule has 0 aliphatic carbocycles. The summed E-state index contributed by atoms with van der Waals surface area (Å²) in [5.41, 5.74) is 0. The third kappa shape index (κ3) is 3.86. The molecule has 0 radical (unpaired) electrons. The van der Waals surface area contributed by atoms with Gasteiger partial charge in [-0.15, -0.1) is 0 Å². The molecule has 1 atom stereocenters. The highest BCUT2D eigenvalue weighted by atomic mass is 32.2. The predicted molar refractivity (Wildman–Crippen MR) is 75.1 cm³/mol. The van der Waals surface area contributed by atoms with Gasteiger partial charge in [-0.2, -0.15) is 11.8 Å². The summed E-state index contributed by atoms with van der Waals surface area (Å²) in [5.74, 6) is 1.94. The summed E-state index contributed by atoms with van der Waals surface area (Å²) in [6, 6.07) is 0.00795. The van der Waals surface area contributed by atoms with Gasteiger partial charge in [-0.1, -0.05) is 0 Å². The third-order valence-electron chi connectivity index (χ3n) is 3.83. The fraction of sp³-hybridized carbons (Fsp3) is 0.846. The van der Waals surface area contributed by atoms with Gasteiger partial charge in [-0.05, 0) is 25.9 Å². The standard InChI is InChI=1S/C13H22N2O3S/c1-18-12(16)8-11-9-19-7-6-15(11)13(17)10-2-4-14-5-3-10/h10-11,14H,2-9H2,1H3. The molecule has 5 nitrogen and oxygen atoms in total. The highest BCUT2D eigenvalue weighted by Gasteiger charge is 2.33. The van der Waals surface area contributed by atoms with Crippen LogP contribution in [0.25, 0.3) is 0 Å². The molecule has 1 N–H and O–H groups in total. The fourth-order valence-electron chi connectivity index (χ4n) is 2.69. The minimum absolute atomic E-state index is 0.00795. The van der Waals surface area contributed by atoms with Crippen molar-refractivity contribution in [2.75, 3.05) is 38.2 Å². The van der Waals surface area contributed by atoms with Crippen molar-refractivity contribution in [3.63, 3.8) is 0 Å². The van der Waals surface area contributed by atoms with E-state index in [4.69, 9.17) is 4.74 Å². The maximum absolute atomic E-state index is 12.6. The SMILES string of the molecule is COC(=O)CC1CSCCN1C(=O)C1CCNCC1. The second kappa shape index (κ2) is 7.14. The Labute approximate surface area is 118 Å². The lowest BCUT2D eigenvalue weighted by Gasteiger charge is -2.38. The molecule has 0 aromatic heterocycles. The Morgan fingerprint density at radius 3 is 2.79 bits per heavy atom. The zero-order valence-corrected chi connectivity index (χ0v) is 12.2. The van der Waals surface area contributed by atoms with E-state index in [0.717, 1.165) is 44.0 Å². The predicted octanol–water partition coefficient (Wildman–Crippen LogP) is 0.493. The lowest BCUT2D eigenvalue weighted by molar-refractivity contribution is -0.144. The van der Waals surface area contributed by atoms with Crippen molar-refractivity contribution >= 4 is 23.6 Å². The van der Waals surface area contributed by atoms with Gasteiger partial charge < -0.3 is 15.0 Å². The van der Waals surface area contributed by atoms with Crippen LogP contribution in [0.5, 0.6) is 0 Å². The number of hydrogen-bond acceptors (Lipinski definition) is 5. The number of thioether (sulfide) groups is 1. The van der Waals surface area contributed by atoms with E-state index in [1.807, 2.05) is 16.7 Å². The number of hydrogen-bond donors (Lipinski definition) is 1. The number of carbonyl (C=O) groups excluding carboxylic acids is 2. The van der Waals surface area contributed by atoms with Gasteiger partial charge in [0.15, 0.2) is 0 Å². The molecular weight excluding hydrogens is 264 g/mol. The molecule has 108 valence electrons. The molecule has 2 saturated heterocycles. The molecule has 0 spiro atoms. The van der Waals surface area contributed by atoms with Crippen molar-refractivity contribution in [1.82, 2.24) is 10.2 Å². The largest absolute Gasteiger partial charge is 0.469 e. The number of methoxy groups -OCH3 is 1. The zero-order chi connectivity index (χ0) is 13.7. The first kappa shape index (κ1) is 14.7. The summed E-state index contributed by atoms with van der Waals surface area (Å²) >= 11 is 1.81. The number of carbonyl (C=O) groups is 2. The van der Waals surface area contributed by atoms with E-state index < -0.39 is 0 Å². The third-order valence-corrected chi connectivity index (χ3v) is 4.92. The van der Waals surface area contributed by atoms with Crippen molar-refractivity contribution in [1.29, 1.82) is 0 Å². The summed E-state index contributed by atoms with van der Waals surface area (Å²) in [5, 5.41) is 3.28. The van der Waals surface area contributed by atoms with Gasteiger partial charge in [0.2, 0.25) is 5.91 Å². The van der Waals surface area contributed by atoms with Crippen LogP contribution in [0.2, 0.25) is 0 Å². The number of esters is 1. The van der Waals surface area contributed by atoms with E-state index in [1.54, 1.807) is 0 Å². The molecule has 1 amide bonds.